The molecule has 112 valence electrons. The molecule has 0 aliphatic rings. The average molecular weight is 294 g/mol. The highest BCUT2D eigenvalue weighted by atomic mass is 35.5. The third-order valence-electron chi connectivity index (χ3n) is 4.06. The van der Waals surface area contributed by atoms with Crippen molar-refractivity contribution in [2.45, 2.75) is 52.5 Å². The summed E-state index contributed by atoms with van der Waals surface area (Å²) < 4.78 is 0. The van der Waals surface area contributed by atoms with Gasteiger partial charge in [0.2, 0.25) is 0 Å². The van der Waals surface area contributed by atoms with E-state index in [-0.39, 0.29) is 0 Å². The molecule has 0 aliphatic carbocycles. The van der Waals surface area contributed by atoms with Crippen LogP contribution in [0.3, 0.4) is 0 Å². The molecular weight excluding hydrogens is 266 g/mol. The molecule has 1 aromatic rings. The van der Waals surface area contributed by atoms with Gasteiger partial charge in [-0.2, -0.15) is 0 Å². The van der Waals surface area contributed by atoms with Crippen LogP contribution in [-0.2, 0) is 0 Å². The first kappa shape index (κ1) is 17.3. The van der Waals surface area contributed by atoms with E-state index in [1.165, 1.54) is 11.1 Å². The predicted molar refractivity (Wildman–Crippen MR) is 90.5 cm³/mol. The van der Waals surface area contributed by atoms with E-state index in [1.807, 2.05) is 12.1 Å². The maximum Gasteiger partial charge on any atom is 0.0406 e. The van der Waals surface area contributed by atoms with Gasteiger partial charge in [-0.05, 0) is 36.5 Å². The van der Waals surface area contributed by atoms with Crippen LogP contribution in [0.5, 0.6) is 0 Å². The van der Waals surface area contributed by atoms with Crippen molar-refractivity contribution in [3.8, 4) is 0 Å². The third-order valence-corrected chi connectivity index (χ3v) is 4.31. The van der Waals surface area contributed by atoms with Crippen molar-refractivity contribution in [2.24, 2.45) is 5.92 Å². The Morgan fingerprint density at radius 2 is 1.70 bits per heavy atom. The Labute approximate surface area is 129 Å². The number of halogens is 1. The summed E-state index contributed by atoms with van der Waals surface area (Å²) in [5.74, 6) is 0.840. The predicted octanol–water partition coefficient (Wildman–Crippen LogP) is 5.41. The first-order valence-electron chi connectivity index (χ1n) is 7.67. The first-order chi connectivity index (χ1) is 9.49. The molecule has 1 unspecified atom stereocenters. The van der Waals surface area contributed by atoms with Gasteiger partial charge in [-0.25, -0.2) is 0 Å². The van der Waals surface area contributed by atoms with E-state index in [0.29, 0.717) is 17.9 Å². The number of hydrogen-bond donors (Lipinski definition) is 1. The second-order valence-electron chi connectivity index (χ2n) is 5.76. The lowest BCUT2D eigenvalue weighted by Crippen LogP contribution is -2.32. The average Bonchev–Trinajstić information content (AvgIpc) is 2.44. The van der Waals surface area contributed by atoms with Gasteiger partial charge in [-0.15, -0.1) is 0 Å². The zero-order chi connectivity index (χ0) is 15.1. The lowest BCUT2D eigenvalue weighted by molar-refractivity contribution is 0.464. The zero-order valence-corrected chi connectivity index (χ0v) is 14.0. The van der Waals surface area contributed by atoms with Crippen molar-refractivity contribution < 1.29 is 0 Å². The maximum absolute atomic E-state index is 5.99. The molecule has 1 atom stereocenters. The van der Waals surface area contributed by atoms with Crippen molar-refractivity contribution in [3.05, 3.63) is 47.0 Å². The maximum atomic E-state index is 5.99. The third kappa shape index (κ3) is 4.96. The second kappa shape index (κ2) is 8.49. The Bertz CT molecular complexity index is 404. The molecular formula is C18H28ClN. The van der Waals surface area contributed by atoms with Gasteiger partial charge in [0.05, 0.1) is 0 Å². The summed E-state index contributed by atoms with van der Waals surface area (Å²) in [6, 6.07) is 8.76. The highest BCUT2D eigenvalue weighted by Gasteiger charge is 2.18. The number of nitrogens with one attached hydrogen (secondary N) is 1. The number of benzene rings is 1. The van der Waals surface area contributed by atoms with E-state index in [4.69, 9.17) is 11.6 Å². The van der Waals surface area contributed by atoms with E-state index in [2.05, 4.69) is 51.7 Å². The van der Waals surface area contributed by atoms with E-state index >= 15 is 0 Å². The van der Waals surface area contributed by atoms with Gasteiger partial charge in [-0.3, -0.25) is 0 Å². The lowest BCUT2D eigenvalue weighted by Gasteiger charge is -2.26. The van der Waals surface area contributed by atoms with Crippen molar-refractivity contribution >= 4 is 11.6 Å². The fourth-order valence-corrected chi connectivity index (χ4v) is 2.55. The molecule has 1 nitrogen and oxygen atoms in total. The fraction of sp³-hybridized carbons (Fsp3) is 0.556. The lowest BCUT2D eigenvalue weighted by atomic mass is 9.85. The summed E-state index contributed by atoms with van der Waals surface area (Å²) in [5.41, 5.74) is 2.58. The Morgan fingerprint density at radius 1 is 1.15 bits per heavy atom. The molecule has 0 aliphatic heterocycles. The zero-order valence-electron chi connectivity index (χ0n) is 13.2. The Morgan fingerprint density at radius 3 is 2.15 bits per heavy atom. The number of rotatable bonds is 8. The Balaban J connectivity index is 2.85. The van der Waals surface area contributed by atoms with Gasteiger partial charge in [-0.1, -0.05) is 63.6 Å². The summed E-state index contributed by atoms with van der Waals surface area (Å²) >= 11 is 5.99. The summed E-state index contributed by atoms with van der Waals surface area (Å²) in [6.45, 7) is 14.1. The molecule has 0 saturated carbocycles. The van der Waals surface area contributed by atoms with Gasteiger partial charge in [0.1, 0.15) is 0 Å². The standard InChI is InChI=1S/C18H28ClN/c1-6-17(7-2)20-12-18(14(5)13(3)4)15-8-10-16(19)11-9-15/h8-11,13,17-18,20H,5-7,12H2,1-4H3. The fourth-order valence-electron chi connectivity index (χ4n) is 2.42. The van der Waals surface area contributed by atoms with Crippen LogP contribution >= 0.6 is 11.6 Å². The minimum Gasteiger partial charge on any atom is -0.313 e. The van der Waals surface area contributed by atoms with Gasteiger partial charge < -0.3 is 5.32 Å². The minimum atomic E-state index is 0.355. The van der Waals surface area contributed by atoms with Crippen LogP contribution in [-0.4, -0.2) is 12.6 Å². The van der Waals surface area contributed by atoms with Crippen molar-refractivity contribution in [1.29, 1.82) is 0 Å². The Hall–Kier alpha value is -0.790. The smallest absolute Gasteiger partial charge is 0.0406 e. The van der Waals surface area contributed by atoms with E-state index < -0.39 is 0 Å². The normalized spacial score (nSPS) is 12.9. The molecule has 20 heavy (non-hydrogen) atoms. The quantitative estimate of drug-likeness (QED) is 0.632. The highest BCUT2D eigenvalue weighted by molar-refractivity contribution is 6.30. The van der Waals surface area contributed by atoms with Gasteiger partial charge in [0.15, 0.2) is 0 Å². The van der Waals surface area contributed by atoms with Crippen LogP contribution in [0.2, 0.25) is 5.02 Å². The summed E-state index contributed by atoms with van der Waals surface area (Å²) in [7, 11) is 0. The highest BCUT2D eigenvalue weighted by Crippen LogP contribution is 2.29. The molecule has 0 fully saturated rings. The van der Waals surface area contributed by atoms with Gasteiger partial charge in [0, 0.05) is 23.5 Å². The molecule has 1 rings (SSSR count). The summed E-state index contributed by atoms with van der Waals surface area (Å²) in [4.78, 5) is 0. The van der Waals surface area contributed by atoms with Crippen LogP contribution in [0.15, 0.2) is 36.4 Å². The molecule has 0 spiro atoms. The van der Waals surface area contributed by atoms with Gasteiger partial charge in [0.25, 0.3) is 0 Å². The van der Waals surface area contributed by atoms with Crippen molar-refractivity contribution in [2.75, 3.05) is 6.54 Å². The topological polar surface area (TPSA) is 12.0 Å². The molecule has 0 heterocycles. The van der Waals surface area contributed by atoms with Crippen LogP contribution in [0.1, 0.15) is 52.0 Å². The summed E-state index contributed by atoms with van der Waals surface area (Å²) in [6.07, 6.45) is 2.33. The molecule has 0 bridgehead atoms. The molecule has 1 aromatic carbocycles. The van der Waals surface area contributed by atoms with Crippen LogP contribution in [0.25, 0.3) is 0 Å². The number of hydrogen-bond acceptors (Lipinski definition) is 1. The largest absolute Gasteiger partial charge is 0.313 e. The van der Waals surface area contributed by atoms with Crippen LogP contribution < -0.4 is 5.32 Å². The van der Waals surface area contributed by atoms with E-state index in [0.717, 1.165) is 24.4 Å². The SMILES string of the molecule is C=C(C(C)C)C(CNC(CC)CC)c1ccc(Cl)cc1. The molecule has 0 amide bonds. The molecule has 0 radical (unpaired) electrons. The molecule has 2 heteroatoms. The molecule has 0 saturated heterocycles. The van der Waals surface area contributed by atoms with Crippen molar-refractivity contribution in [3.63, 3.8) is 0 Å². The van der Waals surface area contributed by atoms with E-state index in [1.54, 1.807) is 0 Å². The minimum absolute atomic E-state index is 0.355. The first-order valence-corrected chi connectivity index (χ1v) is 8.04. The molecule has 1 N–H and O–H groups in total. The van der Waals surface area contributed by atoms with Crippen LogP contribution in [0.4, 0.5) is 0 Å². The Kier molecular flexibility index (Phi) is 7.32. The van der Waals surface area contributed by atoms with E-state index in [9.17, 15) is 0 Å². The van der Waals surface area contributed by atoms with Crippen LogP contribution in [0, 0.1) is 5.92 Å². The second-order valence-corrected chi connectivity index (χ2v) is 6.19. The van der Waals surface area contributed by atoms with Gasteiger partial charge >= 0.3 is 0 Å². The molecule has 0 aromatic heterocycles. The van der Waals surface area contributed by atoms with Crippen molar-refractivity contribution in [1.82, 2.24) is 5.32 Å². The monoisotopic (exact) mass is 293 g/mol. The summed E-state index contributed by atoms with van der Waals surface area (Å²) in [5, 5.41) is 4.46.